The minimum atomic E-state index is -0.870. The summed E-state index contributed by atoms with van der Waals surface area (Å²) in [5.41, 5.74) is 0. The Hall–Kier alpha value is -1.10. The highest BCUT2D eigenvalue weighted by atomic mass is 16.5. The van der Waals surface area contributed by atoms with Gasteiger partial charge in [-0.15, -0.1) is 0 Å². The second kappa shape index (κ2) is 5.11. The normalized spacial score (nSPS) is 17.2. The highest BCUT2D eigenvalue weighted by Crippen LogP contribution is 2.27. The van der Waals surface area contributed by atoms with E-state index in [1.165, 1.54) is 7.11 Å². The molecular formula is C10H17NO4. The van der Waals surface area contributed by atoms with Crippen LogP contribution in [0.15, 0.2) is 0 Å². The first-order valence-electron chi connectivity index (χ1n) is 5.07. The minimum absolute atomic E-state index is 0.0306. The van der Waals surface area contributed by atoms with E-state index in [2.05, 4.69) is 0 Å². The van der Waals surface area contributed by atoms with Crippen LogP contribution in [0, 0.1) is 5.92 Å². The van der Waals surface area contributed by atoms with Gasteiger partial charge in [-0.05, 0) is 12.8 Å². The highest BCUT2D eigenvalue weighted by molar-refractivity contribution is 5.79. The van der Waals surface area contributed by atoms with Crippen molar-refractivity contribution in [1.29, 1.82) is 0 Å². The number of rotatable bonds is 6. The topological polar surface area (TPSA) is 66.8 Å². The van der Waals surface area contributed by atoms with Crippen molar-refractivity contribution in [1.82, 2.24) is 4.90 Å². The summed E-state index contributed by atoms with van der Waals surface area (Å²) >= 11 is 0. The van der Waals surface area contributed by atoms with Gasteiger partial charge in [-0.1, -0.05) is 6.92 Å². The van der Waals surface area contributed by atoms with E-state index in [1.54, 1.807) is 11.8 Å². The number of carboxylic acids is 1. The van der Waals surface area contributed by atoms with Gasteiger partial charge < -0.3 is 14.7 Å². The molecule has 1 saturated carbocycles. The zero-order valence-corrected chi connectivity index (χ0v) is 9.10. The number of ether oxygens (including phenoxy) is 1. The van der Waals surface area contributed by atoms with E-state index in [1.807, 2.05) is 0 Å². The number of carboxylic acid groups (broad SMARTS) is 1. The molecule has 0 bridgehead atoms. The van der Waals surface area contributed by atoms with E-state index >= 15 is 0 Å². The summed E-state index contributed by atoms with van der Waals surface area (Å²) in [6, 6.07) is 0.231. The maximum atomic E-state index is 11.6. The predicted molar refractivity (Wildman–Crippen MR) is 53.4 cm³/mol. The van der Waals surface area contributed by atoms with Crippen molar-refractivity contribution >= 4 is 11.9 Å². The van der Waals surface area contributed by atoms with Gasteiger partial charge in [0.2, 0.25) is 5.91 Å². The Morgan fingerprint density at radius 3 is 2.53 bits per heavy atom. The number of carbonyl (C=O) groups excluding carboxylic acids is 1. The molecule has 0 aromatic rings. The largest absolute Gasteiger partial charge is 0.481 e. The van der Waals surface area contributed by atoms with Gasteiger partial charge in [0.25, 0.3) is 0 Å². The van der Waals surface area contributed by atoms with E-state index in [0.29, 0.717) is 0 Å². The van der Waals surface area contributed by atoms with Gasteiger partial charge in [-0.25, -0.2) is 0 Å². The zero-order chi connectivity index (χ0) is 11.4. The summed E-state index contributed by atoms with van der Waals surface area (Å²) in [5.74, 6) is -1.51. The first kappa shape index (κ1) is 12.0. The molecule has 1 aliphatic rings. The maximum absolute atomic E-state index is 11.6. The lowest BCUT2D eigenvalue weighted by Crippen LogP contribution is -2.40. The van der Waals surface area contributed by atoms with Gasteiger partial charge >= 0.3 is 5.97 Å². The summed E-state index contributed by atoms with van der Waals surface area (Å²) in [5, 5.41) is 8.78. The number of methoxy groups -OCH3 is 1. The zero-order valence-electron chi connectivity index (χ0n) is 9.10. The standard InChI is InChI=1S/C10H17NO4/c1-7(10(13)14)5-11(8-3-4-8)9(12)6-15-2/h7-8H,3-6H2,1-2H3,(H,13,14). The fourth-order valence-electron chi connectivity index (χ4n) is 1.42. The van der Waals surface area contributed by atoms with Crippen molar-refractivity contribution in [2.24, 2.45) is 5.92 Å². The van der Waals surface area contributed by atoms with Crippen LogP contribution in [-0.4, -0.2) is 48.2 Å². The molecule has 1 rings (SSSR count). The van der Waals surface area contributed by atoms with E-state index < -0.39 is 11.9 Å². The predicted octanol–water partition coefficient (Wildman–Crippen LogP) is 0.344. The molecule has 15 heavy (non-hydrogen) atoms. The first-order valence-corrected chi connectivity index (χ1v) is 5.07. The Morgan fingerprint density at radius 1 is 1.53 bits per heavy atom. The van der Waals surface area contributed by atoms with Crippen LogP contribution >= 0.6 is 0 Å². The van der Waals surface area contributed by atoms with Crippen LogP contribution in [0.1, 0.15) is 19.8 Å². The Labute approximate surface area is 89.0 Å². The van der Waals surface area contributed by atoms with E-state index in [-0.39, 0.29) is 25.1 Å². The molecule has 0 spiro atoms. The van der Waals surface area contributed by atoms with Crippen LogP contribution in [0.5, 0.6) is 0 Å². The Balaban J connectivity index is 2.50. The molecule has 0 radical (unpaired) electrons. The van der Waals surface area contributed by atoms with Gasteiger partial charge in [0.05, 0.1) is 5.92 Å². The van der Waals surface area contributed by atoms with E-state index in [9.17, 15) is 9.59 Å². The quantitative estimate of drug-likeness (QED) is 0.694. The number of nitrogens with zero attached hydrogens (tertiary/aromatic N) is 1. The number of hydrogen-bond donors (Lipinski definition) is 1. The van der Waals surface area contributed by atoms with Crippen LogP contribution in [0.4, 0.5) is 0 Å². The monoisotopic (exact) mass is 215 g/mol. The maximum Gasteiger partial charge on any atom is 0.308 e. The van der Waals surface area contributed by atoms with Crippen LogP contribution in [0.25, 0.3) is 0 Å². The summed E-state index contributed by atoms with van der Waals surface area (Å²) in [4.78, 5) is 23.9. The summed E-state index contributed by atoms with van der Waals surface area (Å²) in [7, 11) is 1.46. The molecule has 1 aliphatic carbocycles. The number of hydrogen-bond acceptors (Lipinski definition) is 3. The molecule has 1 unspecified atom stereocenters. The lowest BCUT2D eigenvalue weighted by atomic mass is 10.1. The van der Waals surface area contributed by atoms with Gasteiger partial charge in [0, 0.05) is 19.7 Å². The number of carbonyl (C=O) groups is 2. The third kappa shape index (κ3) is 3.51. The lowest BCUT2D eigenvalue weighted by molar-refractivity contribution is -0.144. The number of amides is 1. The summed E-state index contributed by atoms with van der Waals surface area (Å²) < 4.78 is 4.77. The molecular weight excluding hydrogens is 198 g/mol. The Bertz CT molecular complexity index is 250. The van der Waals surface area contributed by atoms with Gasteiger partial charge in [-0.3, -0.25) is 9.59 Å². The molecule has 0 aliphatic heterocycles. The van der Waals surface area contributed by atoms with Crippen molar-refractivity contribution < 1.29 is 19.4 Å². The Kier molecular flexibility index (Phi) is 4.08. The van der Waals surface area contributed by atoms with Crippen LogP contribution in [0.2, 0.25) is 0 Å². The van der Waals surface area contributed by atoms with Gasteiger partial charge in [-0.2, -0.15) is 0 Å². The van der Waals surface area contributed by atoms with Crippen LogP contribution in [0.3, 0.4) is 0 Å². The molecule has 5 nitrogen and oxygen atoms in total. The van der Waals surface area contributed by atoms with Crippen molar-refractivity contribution in [3.63, 3.8) is 0 Å². The molecule has 0 saturated heterocycles. The molecule has 1 amide bonds. The molecule has 5 heteroatoms. The minimum Gasteiger partial charge on any atom is -0.481 e. The number of aliphatic carboxylic acids is 1. The first-order chi connectivity index (χ1) is 7.06. The van der Waals surface area contributed by atoms with Crippen molar-refractivity contribution in [3.05, 3.63) is 0 Å². The van der Waals surface area contributed by atoms with E-state index in [4.69, 9.17) is 9.84 Å². The molecule has 1 atom stereocenters. The van der Waals surface area contributed by atoms with Gasteiger partial charge in [0.15, 0.2) is 0 Å². The molecule has 0 aromatic carbocycles. The van der Waals surface area contributed by atoms with Crippen molar-refractivity contribution in [2.45, 2.75) is 25.8 Å². The molecule has 0 heterocycles. The van der Waals surface area contributed by atoms with Crippen molar-refractivity contribution in [2.75, 3.05) is 20.3 Å². The summed E-state index contributed by atoms with van der Waals surface area (Å²) in [6.07, 6.45) is 1.95. The molecule has 1 N–H and O–H groups in total. The second-order valence-corrected chi connectivity index (χ2v) is 3.95. The SMILES string of the molecule is COCC(=O)N(CC(C)C(=O)O)C1CC1. The molecule has 86 valence electrons. The van der Waals surface area contributed by atoms with Gasteiger partial charge in [0.1, 0.15) is 6.61 Å². The average molecular weight is 215 g/mol. The fraction of sp³-hybridized carbons (Fsp3) is 0.800. The smallest absolute Gasteiger partial charge is 0.308 e. The fourth-order valence-corrected chi connectivity index (χ4v) is 1.42. The third-order valence-corrected chi connectivity index (χ3v) is 2.47. The lowest BCUT2D eigenvalue weighted by Gasteiger charge is -2.23. The van der Waals surface area contributed by atoms with Crippen LogP contribution in [-0.2, 0) is 14.3 Å². The van der Waals surface area contributed by atoms with Crippen LogP contribution < -0.4 is 0 Å². The third-order valence-electron chi connectivity index (χ3n) is 2.47. The molecule has 0 aromatic heterocycles. The second-order valence-electron chi connectivity index (χ2n) is 3.95. The highest BCUT2D eigenvalue weighted by Gasteiger charge is 2.34. The summed E-state index contributed by atoms with van der Waals surface area (Å²) in [6.45, 7) is 1.92. The molecule has 1 fully saturated rings. The van der Waals surface area contributed by atoms with E-state index in [0.717, 1.165) is 12.8 Å². The average Bonchev–Trinajstić information content (AvgIpc) is 2.97. The Morgan fingerprint density at radius 2 is 2.13 bits per heavy atom. The van der Waals surface area contributed by atoms with Crippen molar-refractivity contribution in [3.8, 4) is 0 Å².